The molecule has 7 heteroatoms. The predicted molar refractivity (Wildman–Crippen MR) is 121 cm³/mol. The number of carbonyl (C=O) groups is 1. The maximum absolute atomic E-state index is 12.8. The van der Waals surface area contributed by atoms with Gasteiger partial charge in [-0.25, -0.2) is 9.97 Å². The van der Waals surface area contributed by atoms with Crippen molar-refractivity contribution < 1.29 is 4.79 Å². The molecule has 0 radical (unpaired) electrons. The van der Waals surface area contributed by atoms with Gasteiger partial charge in [-0.05, 0) is 37.6 Å². The van der Waals surface area contributed by atoms with E-state index in [1.54, 1.807) is 11.1 Å². The van der Waals surface area contributed by atoms with E-state index in [4.69, 9.17) is 4.98 Å². The molecule has 1 amide bonds. The van der Waals surface area contributed by atoms with Crippen LogP contribution in [0.5, 0.6) is 0 Å². The van der Waals surface area contributed by atoms with E-state index in [0.29, 0.717) is 12.3 Å². The van der Waals surface area contributed by atoms with Gasteiger partial charge < -0.3 is 9.47 Å². The third kappa shape index (κ3) is 3.98. The molecule has 2 aromatic carbocycles. The van der Waals surface area contributed by atoms with Crippen LogP contribution in [0.3, 0.4) is 0 Å². The summed E-state index contributed by atoms with van der Waals surface area (Å²) in [5.41, 5.74) is 4.31. The fraction of sp³-hybridized carbons (Fsp3) is 0.261. The number of imidazole rings is 2. The molecule has 0 aliphatic rings. The van der Waals surface area contributed by atoms with Crippen LogP contribution in [-0.4, -0.2) is 42.7 Å². The highest BCUT2D eigenvalue weighted by molar-refractivity contribution is 7.99. The molecule has 6 nitrogen and oxygen atoms in total. The minimum absolute atomic E-state index is 0.0500. The summed E-state index contributed by atoms with van der Waals surface area (Å²) in [4.78, 5) is 23.7. The van der Waals surface area contributed by atoms with E-state index in [9.17, 15) is 4.79 Å². The Morgan fingerprint density at radius 1 is 1.13 bits per heavy atom. The van der Waals surface area contributed by atoms with Crippen LogP contribution in [0, 0.1) is 6.92 Å². The summed E-state index contributed by atoms with van der Waals surface area (Å²) in [5.74, 6) is 1.28. The number of fused-ring (bicyclic) bond motifs is 1. The minimum atomic E-state index is 0.0500. The molecule has 0 saturated heterocycles. The Morgan fingerprint density at radius 3 is 2.70 bits per heavy atom. The number of carbonyl (C=O) groups excluding carboxylic acids is 1. The lowest BCUT2D eigenvalue weighted by Gasteiger charge is -2.17. The summed E-state index contributed by atoms with van der Waals surface area (Å²) in [6.07, 6.45) is 3.70. The van der Waals surface area contributed by atoms with Crippen molar-refractivity contribution in [3.63, 3.8) is 0 Å². The second kappa shape index (κ2) is 8.75. The van der Waals surface area contributed by atoms with E-state index in [2.05, 4.69) is 41.6 Å². The van der Waals surface area contributed by atoms with Crippen molar-refractivity contribution in [1.29, 1.82) is 0 Å². The molecule has 0 unspecified atom stereocenters. The summed E-state index contributed by atoms with van der Waals surface area (Å²) < 4.78 is 4.20. The lowest BCUT2D eigenvalue weighted by Crippen LogP contribution is -2.29. The summed E-state index contributed by atoms with van der Waals surface area (Å²) >= 11 is 1.45. The van der Waals surface area contributed by atoms with E-state index >= 15 is 0 Å². The second-order valence-electron chi connectivity index (χ2n) is 7.17. The van der Waals surface area contributed by atoms with Crippen molar-refractivity contribution in [2.24, 2.45) is 0 Å². The first-order valence-electron chi connectivity index (χ1n) is 9.98. The van der Waals surface area contributed by atoms with Gasteiger partial charge >= 0.3 is 0 Å². The molecule has 0 spiro atoms. The molecule has 0 bridgehead atoms. The Morgan fingerprint density at radius 2 is 1.90 bits per heavy atom. The Bertz CT molecular complexity index is 1180. The van der Waals surface area contributed by atoms with E-state index < -0.39 is 0 Å². The maximum atomic E-state index is 12.8. The topological polar surface area (TPSA) is 56.0 Å². The van der Waals surface area contributed by atoms with Gasteiger partial charge in [0.25, 0.3) is 0 Å². The van der Waals surface area contributed by atoms with Gasteiger partial charge in [-0.3, -0.25) is 9.36 Å². The zero-order chi connectivity index (χ0) is 21.1. The standard InChI is InChI=1S/C23H25N5OS/c1-4-27-20-12-8-6-10-18(20)25-21(27)15-26(3)22(29)16-30-23-24-13-14-28(23)19-11-7-5-9-17(19)2/h5-14H,4,15-16H2,1-3H3. The van der Waals surface area contributed by atoms with Crippen molar-refractivity contribution in [3.05, 3.63) is 72.3 Å². The molecule has 2 aromatic heterocycles. The zero-order valence-corrected chi connectivity index (χ0v) is 18.3. The molecule has 154 valence electrons. The number of amides is 1. The van der Waals surface area contributed by atoms with Crippen LogP contribution < -0.4 is 0 Å². The average molecular weight is 420 g/mol. The average Bonchev–Trinajstić information content (AvgIpc) is 3.36. The Hall–Kier alpha value is -3.06. The van der Waals surface area contributed by atoms with E-state index in [0.717, 1.165) is 34.2 Å². The molecule has 0 N–H and O–H groups in total. The van der Waals surface area contributed by atoms with Crippen LogP contribution in [0.1, 0.15) is 18.3 Å². The number of aryl methyl sites for hydroxylation is 2. The summed E-state index contributed by atoms with van der Waals surface area (Å²) in [5, 5.41) is 0.812. The van der Waals surface area contributed by atoms with Gasteiger partial charge in [0.15, 0.2) is 5.16 Å². The molecular formula is C23H25N5OS. The van der Waals surface area contributed by atoms with Gasteiger partial charge in [-0.2, -0.15) is 0 Å². The van der Waals surface area contributed by atoms with E-state index in [1.165, 1.54) is 17.3 Å². The molecular weight excluding hydrogens is 394 g/mol. The lowest BCUT2D eigenvalue weighted by atomic mass is 10.2. The van der Waals surface area contributed by atoms with Crippen LogP contribution in [0.25, 0.3) is 16.7 Å². The number of hydrogen-bond donors (Lipinski definition) is 0. The van der Waals surface area contributed by atoms with E-state index in [1.807, 2.05) is 48.1 Å². The number of rotatable bonds is 7. The van der Waals surface area contributed by atoms with Crippen molar-refractivity contribution in [2.75, 3.05) is 12.8 Å². The lowest BCUT2D eigenvalue weighted by molar-refractivity contribution is -0.127. The van der Waals surface area contributed by atoms with Gasteiger partial charge in [0, 0.05) is 26.0 Å². The third-order valence-electron chi connectivity index (χ3n) is 5.16. The molecule has 4 rings (SSSR count). The number of benzene rings is 2. The monoisotopic (exact) mass is 419 g/mol. The van der Waals surface area contributed by atoms with Crippen LogP contribution >= 0.6 is 11.8 Å². The SMILES string of the molecule is CCn1c(CN(C)C(=O)CSc2nccn2-c2ccccc2C)nc2ccccc21. The zero-order valence-electron chi connectivity index (χ0n) is 17.4. The van der Waals surface area contributed by atoms with Crippen LogP contribution in [0.15, 0.2) is 66.1 Å². The van der Waals surface area contributed by atoms with Crippen molar-refractivity contribution in [1.82, 2.24) is 24.0 Å². The molecule has 0 atom stereocenters. The van der Waals surface area contributed by atoms with Gasteiger partial charge in [-0.1, -0.05) is 42.1 Å². The fourth-order valence-electron chi connectivity index (χ4n) is 3.55. The Balaban J connectivity index is 1.45. The third-order valence-corrected chi connectivity index (χ3v) is 6.11. The van der Waals surface area contributed by atoms with Crippen LogP contribution in [0.4, 0.5) is 0 Å². The van der Waals surface area contributed by atoms with Gasteiger partial charge in [-0.15, -0.1) is 0 Å². The van der Waals surface area contributed by atoms with Gasteiger partial charge in [0.1, 0.15) is 5.82 Å². The highest BCUT2D eigenvalue weighted by Gasteiger charge is 2.17. The number of hydrogen-bond acceptors (Lipinski definition) is 4. The maximum Gasteiger partial charge on any atom is 0.233 e. The minimum Gasteiger partial charge on any atom is -0.338 e. The van der Waals surface area contributed by atoms with Crippen molar-refractivity contribution in [2.45, 2.75) is 32.1 Å². The number of nitrogens with zero attached hydrogens (tertiary/aromatic N) is 5. The second-order valence-corrected chi connectivity index (χ2v) is 8.11. The van der Waals surface area contributed by atoms with Crippen molar-refractivity contribution in [3.8, 4) is 5.69 Å². The Kier molecular flexibility index (Phi) is 5.90. The van der Waals surface area contributed by atoms with Gasteiger partial charge in [0.05, 0.1) is 29.0 Å². The van der Waals surface area contributed by atoms with Crippen molar-refractivity contribution >= 4 is 28.7 Å². The predicted octanol–water partition coefficient (Wildman–Crippen LogP) is 4.30. The largest absolute Gasteiger partial charge is 0.338 e. The first kappa shape index (κ1) is 20.2. The summed E-state index contributed by atoms with van der Waals surface area (Å²) in [7, 11) is 1.83. The molecule has 0 saturated carbocycles. The molecule has 0 aliphatic carbocycles. The molecule has 0 fully saturated rings. The van der Waals surface area contributed by atoms with Gasteiger partial charge in [0.2, 0.25) is 5.91 Å². The van der Waals surface area contributed by atoms with E-state index in [-0.39, 0.29) is 5.91 Å². The Labute approximate surface area is 180 Å². The first-order valence-corrected chi connectivity index (χ1v) is 11.0. The normalized spacial score (nSPS) is 11.2. The van der Waals surface area contributed by atoms with Crippen LogP contribution in [-0.2, 0) is 17.9 Å². The molecule has 2 heterocycles. The first-order chi connectivity index (χ1) is 14.6. The number of thioether (sulfide) groups is 1. The highest BCUT2D eigenvalue weighted by Crippen LogP contribution is 2.23. The highest BCUT2D eigenvalue weighted by atomic mass is 32.2. The number of aromatic nitrogens is 4. The summed E-state index contributed by atoms with van der Waals surface area (Å²) in [6.45, 7) is 5.47. The molecule has 0 aliphatic heterocycles. The fourth-order valence-corrected chi connectivity index (χ4v) is 4.46. The molecule has 30 heavy (non-hydrogen) atoms. The smallest absolute Gasteiger partial charge is 0.233 e. The molecule has 4 aromatic rings. The quantitative estimate of drug-likeness (QED) is 0.419. The number of para-hydroxylation sites is 3. The van der Waals surface area contributed by atoms with Crippen LogP contribution in [0.2, 0.25) is 0 Å². The summed E-state index contributed by atoms with van der Waals surface area (Å²) in [6, 6.07) is 16.2.